The van der Waals surface area contributed by atoms with Crippen molar-refractivity contribution in [1.82, 2.24) is 20.1 Å². The van der Waals surface area contributed by atoms with Crippen molar-refractivity contribution >= 4 is 28.6 Å². The van der Waals surface area contributed by atoms with Crippen molar-refractivity contribution in [3.05, 3.63) is 46.2 Å². The van der Waals surface area contributed by atoms with E-state index in [1.54, 1.807) is 57.4 Å². The van der Waals surface area contributed by atoms with E-state index in [1.165, 1.54) is 22.5 Å². The number of aryl methyl sites for hydroxylation is 1. The molecule has 0 bridgehead atoms. The second-order valence-electron chi connectivity index (χ2n) is 12.9. The third-order valence-corrected chi connectivity index (χ3v) is 8.49. The molecule has 6 atom stereocenters. The van der Waals surface area contributed by atoms with Crippen LogP contribution < -0.4 is 16.2 Å². The number of nitrogens with zero attached hydrogens (tertiary/aromatic N) is 3. The number of hydrogen-bond acceptors (Lipinski definition) is 6. The normalized spacial score (nSPS) is 23.1. The number of carbonyl (C=O) groups is 3. The standard InChI is InChI=1S/C30H36F3N5O5/c1-15(43-28(2,3)4)23(36-27(42)30(31,32)33)26(41)38-14-18-22(29(18,5)6)24(38)25(40)35-19(13-34)17-12-21(39)37(7)20-11-9-8-10-16(17)20/h8-12,15,18-19,22-24H,14H2,1-7H3,(H,35,40)(H,36,42)/t15?,18-,19?,22-,23?,24-/m0/s1. The number of ether oxygens (including phenoxy) is 1. The van der Waals surface area contributed by atoms with Crippen LogP contribution in [0.5, 0.6) is 0 Å². The van der Waals surface area contributed by atoms with Gasteiger partial charge in [-0.3, -0.25) is 19.2 Å². The molecule has 0 radical (unpaired) electrons. The second kappa shape index (κ2) is 11.0. The molecular formula is C30H36F3N5O5. The Hall–Kier alpha value is -3.92. The minimum Gasteiger partial charge on any atom is -0.370 e. The number of alkyl halides is 3. The number of para-hydroxylation sites is 1. The molecule has 232 valence electrons. The zero-order valence-corrected chi connectivity index (χ0v) is 25.1. The van der Waals surface area contributed by atoms with E-state index in [2.05, 4.69) is 5.32 Å². The lowest BCUT2D eigenvalue weighted by Gasteiger charge is -2.36. The summed E-state index contributed by atoms with van der Waals surface area (Å²) >= 11 is 0. The number of carbonyl (C=O) groups excluding carboxylic acids is 3. The highest BCUT2D eigenvalue weighted by Crippen LogP contribution is 2.65. The van der Waals surface area contributed by atoms with Crippen molar-refractivity contribution in [3.8, 4) is 6.07 Å². The predicted octanol–water partition coefficient (Wildman–Crippen LogP) is 2.95. The molecule has 43 heavy (non-hydrogen) atoms. The summed E-state index contributed by atoms with van der Waals surface area (Å²) in [5.74, 6) is -4.36. The molecule has 2 N–H and O–H groups in total. The predicted molar refractivity (Wildman–Crippen MR) is 150 cm³/mol. The van der Waals surface area contributed by atoms with Crippen LogP contribution in [0.25, 0.3) is 10.9 Å². The van der Waals surface area contributed by atoms with Gasteiger partial charge in [0, 0.05) is 30.6 Å². The number of fused-ring (bicyclic) bond motifs is 2. The summed E-state index contributed by atoms with van der Waals surface area (Å²) < 4.78 is 46.9. The van der Waals surface area contributed by atoms with Gasteiger partial charge >= 0.3 is 12.1 Å². The van der Waals surface area contributed by atoms with Gasteiger partial charge in [-0.25, -0.2) is 0 Å². The van der Waals surface area contributed by atoms with Gasteiger partial charge in [0.15, 0.2) is 0 Å². The molecule has 1 saturated heterocycles. The minimum atomic E-state index is -5.25. The Morgan fingerprint density at radius 1 is 1.14 bits per heavy atom. The van der Waals surface area contributed by atoms with Crippen LogP contribution >= 0.6 is 0 Å². The highest BCUT2D eigenvalue weighted by molar-refractivity contribution is 5.95. The van der Waals surface area contributed by atoms with Gasteiger partial charge in [-0.1, -0.05) is 32.0 Å². The zero-order chi connectivity index (χ0) is 32.2. The average molecular weight is 604 g/mol. The third kappa shape index (κ3) is 6.11. The van der Waals surface area contributed by atoms with E-state index < -0.39 is 53.7 Å². The monoisotopic (exact) mass is 603 g/mol. The molecule has 1 aliphatic heterocycles. The fourth-order valence-electron chi connectivity index (χ4n) is 6.30. The topological polar surface area (TPSA) is 134 Å². The number of hydrogen-bond donors (Lipinski definition) is 2. The molecule has 2 fully saturated rings. The van der Waals surface area contributed by atoms with Gasteiger partial charge < -0.3 is 24.8 Å². The molecular weight excluding hydrogens is 567 g/mol. The molecule has 2 aromatic rings. The second-order valence-corrected chi connectivity index (χ2v) is 12.9. The van der Waals surface area contributed by atoms with E-state index in [9.17, 15) is 37.6 Å². The van der Waals surface area contributed by atoms with E-state index in [-0.39, 0.29) is 34.9 Å². The summed E-state index contributed by atoms with van der Waals surface area (Å²) in [7, 11) is 1.59. The summed E-state index contributed by atoms with van der Waals surface area (Å²) in [6.07, 6.45) is -6.42. The van der Waals surface area contributed by atoms with Crippen LogP contribution in [0.4, 0.5) is 13.2 Å². The highest BCUT2D eigenvalue weighted by Gasteiger charge is 2.69. The van der Waals surface area contributed by atoms with Crippen LogP contribution in [-0.2, 0) is 26.2 Å². The van der Waals surface area contributed by atoms with Gasteiger partial charge in [0.05, 0.1) is 23.3 Å². The first-order chi connectivity index (χ1) is 19.8. The Kier molecular flexibility index (Phi) is 8.17. The molecule has 13 heteroatoms. The van der Waals surface area contributed by atoms with Gasteiger partial charge in [0.1, 0.15) is 18.1 Å². The van der Waals surface area contributed by atoms with Crippen LogP contribution in [0.2, 0.25) is 0 Å². The van der Waals surface area contributed by atoms with Gasteiger partial charge in [0.2, 0.25) is 11.8 Å². The van der Waals surface area contributed by atoms with E-state index in [0.717, 1.165) is 0 Å². The SMILES string of the molecule is CC(OC(C)(C)C)C(NC(=O)C(F)(F)F)C(=O)N1C[C@H]2[C@@H]([C@H]1C(=O)NC(C#N)c1cc(=O)n(C)c3ccccc13)C2(C)C. The third-order valence-electron chi connectivity index (χ3n) is 8.49. The molecule has 3 amide bonds. The summed E-state index contributed by atoms with van der Waals surface area (Å²) in [6.45, 7) is 10.3. The summed E-state index contributed by atoms with van der Waals surface area (Å²) in [5.41, 5.74) is -0.770. The smallest absolute Gasteiger partial charge is 0.370 e. The van der Waals surface area contributed by atoms with Gasteiger partial charge in [-0.2, -0.15) is 18.4 Å². The number of aromatic nitrogens is 1. The van der Waals surface area contributed by atoms with Crippen LogP contribution in [-0.4, -0.2) is 63.7 Å². The Labute approximate surface area is 247 Å². The van der Waals surface area contributed by atoms with Gasteiger partial charge in [0.25, 0.3) is 5.56 Å². The Bertz CT molecular complexity index is 1550. The lowest BCUT2D eigenvalue weighted by Crippen LogP contribution is -2.61. The first-order valence-corrected chi connectivity index (χ1v) is 13.9. The maximum atomic E-state index is 13.9. The number of likely N-dealkylation sites (tertiary alicyclic amines) is 1. The van der Waals surface area contributed by atoms with Crippen LogP contribution in [0.1, 0.15) is 53.1 Å². The molecule has 0 spiro atoms. The molecule has 10 nitrogen and oxygen atoms in total. The lowest BCUT2D eigenvalue weighted by atomic mass is 9.97. The molecule has 3 unspecified atom stereocenters. The fraction of sp³-hybridized carbons (Fsp3) is 0.567. The van der Waals surface area contributed by atoms with Crippen LogP contribution in [0.3, 0.4) is 0 Å². The highest BCUT2D eigenvalue weighted by atomic mass is 19.4. The Balaban J connectivity index is 1.67. The van der Waals surface area contributed by atoms with E-state index in [1.807, 2.05) is 19.9 Å². The van der Waals surface area contributed by atoms with Crippen molar-refractivity contribution in [2.45, 2.75) is 77.5 Å². The number of piperidine rings is 1. The van der Waals surface area contributed by atoms with Crippen molar-refractivity contribution < 1.29 is 32.3 Å². The van der Waals surface area contributed by atoms with Crippen molar-refractivity contribution in [2.75, 3.05) is 6.54 Å². The van der Waals surface area contributed by atoms with E-state index in [4.69, 9.17) is 4.74 Å². The fourth-order valence-corrected chi connectivity index (χ4v) is 6.30. The van der Waals surface area contributed by atoms with Crippen molar-refractivity contribution in [3.63, 3.8) is 0 Å². The first-order valence-electron chi connectivity index (χ1n) is 13.9. The Morgan fingerprint density at radius 3 is 2.35 bits per heavy atom. The lowest BCUT2D eigenvalue weighted by molar-refractivity contribution is -0.177. The maximum Gasteiger partial charge on any atom is 0.471 e. The van der Waals surface area contributed by atoms with E-state index in [0.29, 0.717) is 10.9 Å². The summed E-state index contributed by atoms with van der Waals surface area (Å²) in [5, 5.41) is 15.1. The molecule has 2 heterocycles. The van der Waals surface area contributed by atoms with E-state index >= 15 is 0 Å². The van der Waals surface area contributed by atoms with Crippen LogP contribution in [0.15, 0.2) is 35.1 Å². The molecule has 1 aliphatic carbocycles. The molecule has 1 saturated carbocycles. The first kappa shape index (κ1) is 32.0. The average Bonchev–Trinajstić information content (AvgIpc) is 3.21. The number of nitrogens with one attached hydrogen (secondary N) is 2. The summed E-state index contributed by atoms with van der Waals surface area (Å²) in [4.78, 5) is 53.6. The number of pyridine rings is 1. The number of benzene rings is 1. The molecule has 2 aliphatic rings. The molecule has 1 aromatic heterocycles. The molecule has 1 aromatic carbocycles. The van der Waals surface area contributed by atoms with Crippen LogP contribution in [0, 0.1) is 28.6 Å². The Morgan fingerprint density at radius 2 is 1.77 bits per heavy atom. The largest absolute Gasteiger partial charge is 0.471 e. The minimum absolute atomic E-state index is 0.0707. The zero-order valence-electron chi connectivity index (χ0n) is 25.1. The number of halogens is 3. The number of nitriles is 1. The van der Waals surface area contributed by atoms with Crippen molar-refractivity contribution in [2.24, 2.45) is 24.3 Å². The number of rotatable bonds is 7. The van der Waals surface area contributed by atoms with Gasteiger partial charge in [-0.15, -0.1) is 0 Å². The summed E-state index contributed by atoms with van der Waals surface area (Å²) in [6, 6.07) is 6.07. The quantitative estimate of drug-likeness (QED) is 0.500. The number of amides is 3. The van der Waals surface area contributed by atoms with Crippen molar-refractivity contribution in [1.29, 1.82) is 5.26 Å². The maximum absolute atomic E-state index is 13.9. The van der Waals surface area contributed by atoms with Gasteiger partial charge in [-0.05, 0) is 51.0 Å². The molecule has 4 rings (SSSR count).